The van der Waals surface area contributed by atoms with Gasteiger partial charge in [0, 0.05) is 6.04 Å². The third-order valence-electron chi connectivity index (χ3n) is 2.83. The summed E-state index contributed by atoms with van der Waals surface area (Å²) in [5.74, 6) is 0.0533. The molecule has 0 aromatic carbocycles. The first kappa shape index (κ1) is 15.0. The summed E-state index contributed by atoms with van der Waals surface area (Å²) >= 11 is 1.23. The van der Waals surface area contributed by atoms with Gasteiger partial charge in [-0.1, -0.05) is 37.9 Å². The normalized spacial score (nSPS) is 12.6. The lowest BCUT2D eigenvalue weighted by Gasteiger charge is -2.16. The molecule has 102 valence electrons. The fraction of sp³-hybridized carbons (Fsp3) is 0.750. The molecule has 5 nitrogen and oxygen atoms in total. The maximum absolute atomic E-state index is 10.6. The van der Waals surface area contributed by atoms with Gasteiger partial charge in [-0.2, -0.15) is 0 Å². The van der Waals surface area contributed by atoms with Gasteiger partial charge in [-0.25, -0.2) is 0 Å². The summed E-state index contributed by atoms with van der Waals surface area (Å²) in [5, 5.41) is 17.5. The second-order valence-electron chi connectivity index (χ2n) is 4.43. The van der Waals surface area contributed by atoms with Crippen molar-refractivity contribution < 1.29 is 9.90 Å². The molecular weight excluding hydrogens is 250 g/mol. The van der Waals surface area contributed by atoms with E-state index >= 15 is 0 Å². The Morgan fingerprint density at radius 2 is 2.17 bits per heavy atom. The number of nitrogens with zero attached hydrogens (tertiary/aromatic N) is 3. The number of aryl methyl sites for hydroxylation is 1. The highest BCUT2D eigenvalue weighted by Gasteiger charge is 2.15. The maximum atomic E-state index is 10.6. The fourth-order valence-corrected chi connectivity index (χ4v) is 2.70. The SMILES string of the molecule is CCCCCC(C)n1c(C)nnc1SCC(=O)O. The van der Waals surface area contributed by atoms with Crippen molar-refractivity contribution in [1.82, 2.24) is 14.8 Å². The summed E-state index contributed by atoms with van der Waals surface area (Å²) in [6, 6.07) is 0.322. The van der Waals surface area contributed by atoms with Crippen molar-refractivity contribution in [2.24, 2.45) is 0 Å². The minimum absolute atomic E-state index is 0.0276. The van der Waals surface area contributed by atoms with Crippen LogP contribution in [-0.2, 0) is 4.79 Å². The van der Waals surface area contributed by atoms with E-state index < -0.39 is 5.97 Å². The van der Waals surface area contributed by atoms with E-state index in [9.17, 15) is 4.79 Å². The molecule has 18 heavy (non-hydrogen) atoms. The Kier molecular flexibility index (Phi) is 6.18. The van der Waals surface area contributed by atoms with Crippen LogP contribution in [0.15, 0.2) is 5.16 Å². The summed E-state index contributed by atoms with van der Waals surface area (Å²) in [7, 11) is 0. The minimum atomic E-state index is -0.828. The lowest BCUT2D eigenvalue weighted by Crippen LogP contribution is -2.10. The van der Waals surface area contributed by atoms with Crippen molar-refractivity contribution in [1.29, 1.82) is 0 Å². The molecule has 0 aliphatic rings. The van der Waals surface area contributed by atoms with Gasteiger partial charge in [-0.15, -0.1) is 10.2 Å². The van der Waals surface area contributed by atoms with Crippen LogP contribution in [0.4, 0.5) is 0 Å². The fourth-order valence-electron chi connectivity index (χ4n) is 1.90. The van der Waals surface area contributed by atoms with Crippen LogP contribution in [0, 0.1) is 6.92 Å². The van der Waals surface area contributed by atoms with Crippen LogP contribution >= 0.6 is 11.8 Å². The highest BCUT2D eigenvalue weighted by molar-refractivity contribution is 7.99. The molecule has 0 aliphatic heterocycles. The monoisotopic (exact) mass is 271 g/mol. The zero-order chi connectivity index (χ0) is 13.5. The molecule has 0 radical (unpaired) electrons. The molecule has 0 bridgehead atoms. The third kappa shape index (κ3) is 4.33. The molecule has 1 aromatic heterocycles. The number of thioether (sulfide) groups is 1. The Morgan fingerprint density at radius 1 is 1.44 bits per heavy atom. The summed E-state index contributed by atoms with van der Waals surface area (Å²) < 4.78 is 2.04. The van der Waals surface area contributed by atoms with Gasteiger partial charge in [0.2, 0.25) is 0 Å². The van der Waals surface area contributed by atoms with Gasteiger partial charge >= 0.3 is 5.97 Å². The summed E-state index contributed by atoms with van der Waals surface area (Å²) in [4.78, 5) is 10.6. The highest BCUT2D eigenvalue weighted by Crippen LogP contribution is 2.24. The Bertz CT molecular complexity index is 393. The van der Waals surface area contributed by atoms with Crippen molar-refractivity contribution in [3.8, 4) is 0 Å². The molecule has 0 aliphatic carbocycles. The number of hydrogen-bond acceptors (Lipinski definition) is 4. The lowest BCUT2D eigenvalue weighted by atomic mass is 10.1. The van der Waals surface area contributed by atoms with Crippen LogP contribution < -0.4 is 0 Å². The summed E-state index contributed by atoms with van der Waals surface area (Å²) in [6.07, 6.45) is 4.68. The molecule has 1 atom stereocenters. The number of unbranched alkanes of at least 4 members (excludes halogenated alkanes) is 2. The maximum Gasteiger partial charge on any atom is 0.313 e. The van der Waals surface area contributed by atoms with E-state index in [0.717, 1.165) is 12.2 Å². The molecule has 1 rings (SSSR count). The van der Waals surface area contributed by atoms with Gasteiger partial charge in [-0.3, -0.25) is 4.79 Å². The van der Waals surface area contributed by atoms with Crippen molar-refractivity contribution in [3.05, 3.63) is 5.82 Å². The van der Waals surface area contributed by atoms with Crippen LogP contribution in [0.5, 0.6) is 0 Å². The smallest absolute Gasteiger partial charge is 0.313 e. The first-order valence-electron chi connectivity index (χ1n) is 6.32. The predicted molar refractivity (Wildman–Crippen MR) is 72.0 cm³/mol. The predicted octanol–water partition coefficient (Wildman–Crippen LogP) is 2.90. The first-order valence-corrected chi connectivity index (χ1v) is 7.31. The van der Waals surface area contributed by atoms with E-state index in [4.69, 9.17) is 5.11 Å². The van der Waals surface area contributed by atoms with Gasteiger partial charge in [0.1, 0.15) is 5.82 Å². The molecule has 1 aromatic rings. The largest absolute Gasteiger partial charge is 0.481 e. The van der Waals surface area contributed by atoms with Crippen LogP contribution in [0.1, 0.15) is 51.4 Å². The van der Waals surface area contributed by atoms with E-state index in [0.29, 0.717) is 11.2 Å². The Hall–Kier alpha value is -1.04. The lowest BCUT2D eigenvalue weighted by molar-refractivity contribution is -0.133. The molecule has 0 fully saturated rings. The quantitative estimate of drug-likeness (QED) is 0.581. The van der Waals surface area contributed by atoms with Crippen LogP contribution in [0.2, 0.25) is 0 Å². The van der Waals surface area contributed by atoms with Crippen LogP contribution in [0.3, 0.4) is 0 Å². The molecule has 0 amide bonds. The summed E-state index contributed by atoms with van der Waals surface area (Å²) in [6.45, 7) is 6.23. The number of carbonyl (C=O) groups is 1. The van der Waals surface area contributed by atoms with Crippen molar-refractivity contribution in [2.45, 2.75) is 57.7 Å². The average molecular weight is 271 g/mol. The van der Waals surface area contributed by atoms with Crippen LogP contribution in [0.25, 0.3) is 0 Å². The number of rotatable bonds is 8. The van der Waals surface area contributed by atoms with Crippen molar-refractivity contribution in [2.75, 3.05) is 5.75 Å². The number of carboxylic acids is 1. The van der Waals surface area contributed by atoms with E-state index in [2.05, 4.69) is 24.0 Å². The van der Waals surface area contributed by atoms with E-state index in [1.807, 2.05) is 11.5 Å². The Balaban J connectivity index is 2.67. The van der Waals surface area contributed by atoms with E-state index in [-0.39, 0.29) is 5.75 Å². The van der Waals surface area contributed by atoms with E-state index in [1.165, 1.54) is 31.0 Å². The molecule has 0 saturated carbocycles. The van der Waals surface area contributed by atoms with Gasteiger partial charge in [0.25, 0.3) is 0 Å². The van der Waals surface area contributed by atoms with Gasteiger partial charge in [-0.05, 0) is 20.3 Å². The zero-order valence-electron chi connectivity index (χ0n) is 11.2. The average Bonchev–Trinajstić information content (AvgIpc) is 2.68. The Morgan fingerprint density at radius 3 is 2.78 bits per heavy atom. The standard InChI is InChI=1S/C12H21N3O2S/c1-4-5-6-7-9(2)15-10(3)13-14-12(15)18-8-11(16)17/h9H,4-8H2,1-3H3,(H,16,17). The second-order valence-corrected chi connectivity index (χ2v) is 5.37. The summed E-state index contributed by atoms with van der Waals surface area (Å²) in [5.41, 5.74) is 0. The topological polar surface area (TPSA) is 68.0 Å². The molecule has 1 heterocycles. The van der Waals surface area contributed by atoms with Gasteiger partial charge < -0.3 is 9.67 Å². The number of aliphatic carboxylic acids is 1. The second kappa shape index (κ2) is 7.41. The van der Waals surface area contributed by atoms with Gasteiger partial charge in [0.15, 0.2) is 5.16 Å². The Labute approximate surface area is 112 Å². The molecule has 1 N–H and O–H groups in total. The highest BCUT2D eigenvalue weighted by atomic mass is 32.2. The van der Waals surface area contributed by atoms with E-state index in [1.54, 1.807) is 0 Å². The molecule has 0 spiro atoms. The van der Waals surface area contributed by atoms with Gasteiger partial charge in [0.05, 0.1) is 5.75 Å². The zero-order valence-corrected chi connectivity index (χ0v) is 12.0. The number of carboxylic acid groups (broad SMARTS) is 1. The van der Waals surface area contributed by atoms with Crippen molar-refractivity contribution >= 4 is 17.7 Å². The molecule has 6 heteroatoms. The van der Waals surface area contributed by atoms with Crippen molar-refractivity contribution in [3.63, 3.8) is 0 Å². The molecular formula is C12H21N3O2S. The van der Waals surface area contributed by atoms with Crippen LogP contribution in [-0.4, -0.2) is 31.6 Å². The molecule has 1 unspecified atom stereocenters. The molecule has 0 saturated heterocycles. The number of hydrogen-bond donors (Lipinski definition) is 1. The first-order chi connectivity index (χ1) is 8.56. The third-order valence-corrected chi connectivity index (χ3v) is 3.75. The number of aromatic nitrogens is 3. The minimum Gasteiger partial charge on any atom is -0.481 e.